The molecule has 0 aromatic heterocycles. The largest absolute Gasteiger partial charge is 0.396 e. The molecule has 4 nitrogen and oxygen atoms in total. The van der Waals surface area contributed by atoms with Crippen molar-refractivity contribution in [2.45, 2.75) is 19.3 Å². The summed E-state index contributed by atoms with van der Waals surface area (Å²) >= 11 is 0. The Morgan fingerprint density at radius 1 is 0.733 bits per heavy atom. The van der Waals surface area contributed by atoms with Gasteiger partial charge in [-0.25, -0.2) is 0 Å². The highest BCUT2D eigenvalue weighted by Crippen LogP contribution is 2.04. The van der Waals surface area contributed by atoms with Crippen LogP contribution in [0.3, 0.4) is 0 Å². The van der Waals surface area contributed by atoms with E-state index in [1.807, 2.05) is 0 Å². The molecule has 15 heavy (non-hydrogen) atoms. The van der Waals surface area contributed by atoms with Crippen LogP contribution in [0.15, 0.2) is 0 Å². The van der Waals surface area contributed by atoms with Crippen molar-refractivity contribution in [2.24, 2.45) is 0 Å². The van der Waals surface area contributed by atoms with Gasteiger partial charge in [0.25, 0.3) is 0 Å². The van der Waals surface area contributed by atoms with Gasteiger partial charge in [0.15, 0.2) is 0 Å². The van der Waals surface area contributed by atoms with Gasteiger partial charge in [0.2, 0.25) is 0 Å². The monoisotopic (exact) mass is 216 g/mol. The summed E-state index contributed by atoms with van der Waals surface area (Å²) in [6, 6.07) is 0. The Hall–Kier alpha value is -0.160. The molecule has 1 fully saturated rings. The maximum atomic E-state index is 8.87. The Kier molecular flexibility index (Phi) is 6.92. The molecule has 1 rings (SSSR count). The quantitative estimate of drug-likeness (QED) is 0.602. The van der Waals surface area contributed by atoms with E-state index in [0.717, 1.165) is 52.1 Å². The predicted octanol–water partition coefficient (Wildman–Crippen LogP) is -0.241. The molecule has 0 saturated carbocycles. The van der Waals surface area contributed by atoms with Gasteiger partial charge in [0.1, 0.15) is 0 Å². The molecule has 0 bridgehead atoms. The standard InChI is InChI=1S/C11H24N2O2/c14-10-2-1-4-12-5-3-6-13(8-7-12)9-11-15/h14-15H,1-11H2. The number of aliphatic hydroxyl groups excluding tert-OH is 2. The summed E-state index contributed by atoms with van der Waals surface area (Å²) in [5.41, 5.74) is 0. The van der Waals surface area contributed by atoms with Gasteiger partial charge < -0.3 is 15.1 Å². The molecule has 4 heteroatoms. The zero-order chi connectivity index (χ0) is 10.9. The van der Waals surface area contributed by atoms with Gasteiger partial charge in [0.05, 0.1) is 6.61 Å². The minimum Gasteiger partial charge on any atom is -0.396 e. The summed E-state index contributed by atoms with van der Waals surface area (Å²) < 4.78 is 0. The van der Waals surface area contributed by atoms with Gasteiger partial charge in [-0.05, 0) is 38.9 Å². The van der Waals surface area contributed by atoms with Crippen molar-refractivity contribution in [3.8, 4) is 0 Å². The van der Waals surface area contributed by atoms with Crippen LogP contribution >= 0.6 is 0 Å². The average Bonchev–Trinajstić information content (AvgIpc) is 2.45. The molecule has 0 aromatic rings. The predicted molar refractivity (Wildman–Crippen MR) is 60.9 cm³/mol. The molecular formula is C11H24N2O2. The lowest BCUT2D eigenvalue weighted by molar-refractivity contribution is 0.195. The summed E-state index contributed by atoms with van der Waals surface area (Å²) in [5, 5.41) is 17.6. The third-order valence-electron chi connectivity index (χ3n) is 2.98. The van der Waals surface area contributed by atoms with Crippen LogP contribution in [0, 0.1) is 0 Å². The van der Waals surface area contributed by atoms with Crippen LogP contribution in [-0.2, 0) is 0 Å². The lowest BCUT2D eigenvalue weighted by Crippen LogP contribution is -2.32. The summed E-state index contributed by atoms with van der Waals surface area (Å²) in [5.74, 6) is 0. The fourth-order valence-corrected chi connectivity index (χ4v) is 2.06. The third kappa shape index (κ3) is 5.47. The molecule has 0 amide bonds. The van der Waals surface area contributed by atoms with Crippen LogP contribution in [0.1, 0.15) is 19.3 Å². The highest BCUT2D eigenvalue weighted by Gasteiger charge is 2.13. The van der Waals surface area contributed by atoms with E-state index in [1.165, 1.54) is 6.42 Å². The molecule has 2 N–H and O–H groups in total. The normalized spacial score (nSPS) is 20.4. The maximum absolute atomic E-state index is 8.87. The van der Waals surface area contributed by atoms with Gasteiger partial charge in [-0.15, -0.1) is 0 Å². The molecule has 0 unspecified atom stereocenters. The van der Waals surface area contributed by atoms with Crippen molar-refractivity contribution in [1.82, 2.24) is 9.80 Å². The molecule has 1 aliphatic rings. The van der Waals surface area contributed by atoms with Crippen molar-refractivity contribution in [3.05, 3.63) is 0 Å². The SMILES string of the molecule is OCCCCN1CCCN(CCO)CC1. The number of hydrogen-bond acceptors (Lipinski definition) is 4. The molecule has 90 valence electrons. The molecule has 1 saturated heterocycles. The second kappa shape index (κ2) is 8.05. The van der Waals surface area contributed by atoms with Gasteiger partial charge in [0, 0.05) is 26.2 Å². The van der Waals surface area contributed by atoms with E-state index in [1.54, 1.807) is 0 Å². The molecule has 0 atom stereocenters. The second-order valence-electron chi connectivity index (χ2n) is 4.19. The van der Waals surface area contributed by atoms with E-state index in [9.17, 15) is 0 Å². The smallest absolute Gasteiger partial charge is 0.0558 e. The van der Waals surface area contributed by atoms with Crippen molar-refractivity contribution >= 4 is 0 Å². The van der Waals surface area contributed by atoms with E-state index >= 15 is 0 Å². The molecule has 0 aliphatic carbocycles. The Balaban J connectivity index is 2.14. The highest BCUT2D eigenvalue weighted by atomic mass is 16.3. The van der Waals surface area contributed by atoms with Gasteiger partial charge >= 0.3 is 0 Å². The van der Waals surface area contributed by atoms with Crippen molar-refractivity contribution in [1.29, 1.82) is 0 Å². The lowest BCUT2D eigenvalue weighted by atomic mass is 10.3. The summed E-state index contributed by atoms with van der Waals surface area (Å²) in [7, 11) is 0. The van der Waals surface area contributed by atoms with E-state index in [0.29, 0.717) is 6.61 Å². The van der Waals surface area contributed by atoms with E-state index in [2.05, 4.69) is 9.80 Å². The van der Waals surface area contributed by atoms with Crippen molar-refractivity contribution in [3.63, 3.8) is 0 Å². The maximum Gasteiger partial charge on any atom is 0.0558 e. The molecule has 1 heterocycles. The fraction of sp³-hybridized carbons (Fsp3) is 1.00. The highest BCUT2D eigenvalue weighted by molar-refractivity contribution is 4.69. The number of hydrogen-bond donors (Lipinski definition) is 2. The van der Waals surface area contributed by atoms with E-state index in [-0.39, 0.29) is 6.61 Å². The Morgan fingerprint density at radius 2 is 1.40 bits per heavy atom. The number of nitrogens with zero attached hydrogens (tertiary/aromatic N) is 2. The second-order valence-corrected chi connectivity index (χ2v) is 4.19. The van der Waals surface area contributed by atoms with Crippen molar-refractivity contribution < 1.29 is 10.2 Å². The molecular weight excluding hydrogens is 192 g/mol. The minimum atomic E-state index is 0.268. The summed E-state index contributed by atoms with van der Waals surface area (Å²) in [4.78, 5) is 4.79. The topological polar surface area (TPSA) is 46.9 Å². The number of unbranched alkanes of at least 4 members (excludes halogenated alkanes) is 1. The zero-order valence-corrected chi connectivity index (χ0v) is 9.57. The van der Waals surface area contributed by atoms with Crippen LogP contribution in [0.2, 0.25) is 0 Å². The molecule has 0 aromatic carbocycles. The first-order chi connectivity index (χ1) is 7.36. The first-order valence-electron chi connectivity index (χ1n) is 6.03. The van der Waals surface area contributed by atoms with Crippen LogP contribution in [0.5, 0.6) is 0 Å². The van der Waals surface area contributed by atoms with Crippen LogP contribution in [0.4, 0.5) is 0 Å². The average molecular weight is 216 g/mol. The number of β-amino-alcohol motifs (C(OH)–C–C–N with tert-alkyl or cyclic N) is 1. The first-order valence-corrected chi connectivity index (χ1v) is 6.03. The number of aliphatic hydroxyl groups is 2. The van der Waals surface area contributed by atoms with Gasteiger partial charge in [-0.3, -0.25) is 4.90 Å². The Morgan fingerprint density at radius 3 is 2.00 bits per heavy atom. The molecule has 1 aliphatic heterocycles. The Labute approximate surface area is 92.5 Å². The fourth-order valence-electron chi connectivity index (χ4n) is 2.06. The summed E-state index contributed by atoms with van der Waals surface area (Å²) in [6.07, 6.45) is 3.20. The minimum absolute atomic E-state index is 0.268. The van der Waals surface area contributed by atoms with Crippen LogP contribution in [0.25, 0.3) is 0 Å². The van der Waals surface area contributed by atoms with E-state index < -0.39 is 0 Å². The molecule has 0 spiro atoms. The molecule has 0 radical (unpaired) electrons. The zero-order valence-electron chi connectivity index (χ0n) is 9.57. The van der Waals surface area contributed by atoms with Gasteiger partial charge in [-0.2, -0.15) is 0 Å². The number of rotatable bonds is 6. The Bertz CT molecular complexity index is 156. The van der Waals surface area contributed by atoms with Gasteiger partial charge in [-0.1, -0.05) is 0 Å². The lowest BCUT2D eigenvalue weighted by Gasteiger charge is -2.20. The van der Waals surface area contributed by atoms with Crippen molar-refractivity contribution in [2.75, 3.05) is 52.5 Å². The van der Waals surface area contributed by atoms with Crippen LogP contribution in [-0.4, -0.2) is 72.5 Å². The third-order valence-corrected chi connectivity index (χ3v) is 2.98. The van der Waals surface area contributed by atoms with Crippen LogP contribution < -0.4 is 0 Å². The van der Waals surface area contributed by atoms with E-state index in [4.69, 9.17) is 10.2 Å². The first kappa shape index (κ1) is 12.9. The summed E-state index contributed by atoms with van der Waals surface area (Å²) in [6.45, 7) is 6.93.